The third-order valence-corrected chi connectivity index (χ3v) is 4.69. The maximum Gasteiger partial charge on any atom is 0.251 e. The van der Waals surface area contributed by atoms with Gasteiger partial charge < -0.3 is 10.6 Å². The number of hydrogen-bond donors (Lipinski definition) is 2. The lowest BCUT2D eigenvalue weighted by Gasteiger charge is -2.36. The fourth-order valence-electron chi connectivity index (χ4n) is 3.30. The van der Waals surface area contributed by atoms with Crippen LogP contribution in [-0.4, -0.2) is 22.3 Å². The predicted molar refractivity (Wildman–Crippen MR) is 95.0 cm³/mol. The van der Waals surface area contributed by atoms with E-state index in [0.29, 0.717) is 23.7 Å². The second-order valence-electron chi connectivity index (χ2n) is 6.31. The highest BCUT2D eigenvalue weighted by atomic mass is 35.5. The van der Waals surface area contributed by atoms with Crippen LogP contribution in [0.4, 0.5) is 5.82 Å². The molecular formula is C18H20ClN3O2. The Morgan fingerprint density at radius 1 is 1.12 bits per heavy atom. The fourth-order valence-corrected chi connectivity index (χ4v) is 3.46. The number of anilines is 1. The third kappa shape index (κ3) is 3.51. The van der Waals surface area contributed by atoms with Gasteiger partial charge in [-0.3, -0.25) is 9.59 Å². The van der Waals surface area contributed by atoms with Gasteiger partial charge in [-0.15, -0.1) is 0 Å². The Kier molecular flexibility index (Phi) is 4.71. The van der Waals surface area contributed by atoms with Crippen LogP contribution >= 0.6 is 11.6 Å². The second kappa shape index (κ2) is 6.77. The molecule has 2 N–H and O–H groups in total. The number of halogens is 1. The smallest absolute Gasteiger partial charge is 0.251 e. The van der Waals surface area contributed by atoms with Gasteiger partial charge in [0.2, 0.25) is 5.91 Å². The van der Waals surface area contributed by atoms with E-state index in [1.165, 1.54) is 6.92 Å². The van der Waals surface area contributed by atoms with E-state index in [2.05, 4.69) is 15.6 Å². The van der Waals surface area contributed by atoms with E-state index in [0.717, 1.165) is 30.2 Å². The number of nitrogens with one attached hydrogen (secondary N) is 2. The molecule has 24 heavy (non-hydrogen) atoms. The topological polar surface area (TPSA) is 71.1 Å². The first-order chi connectivity index (χ1) is 11.5. The van der Waals surface area contributed by atoms with Gasteiger partial charge in [0.15, 0.2) is 0 Å². The van der Waals surface area contributed by atoms with Crippen molar-refractivity contribution in [3.8, 4) is 0 Å². The molecule has 1 fully saturated rings. The average molecular weight is 346 g/mol. The molecule has 5 nitrogen and oxygen atoms in total. The zero-order valence-corrected chi connectivity index (χ0v) is 14.3. The number of carbonyl (C=O) groups is 2. The Hall–Kier alpha value is -2.14. The zero-order chi connectivity index (χ0) is 17.2. The van der Waals surface area contributed by atoms with Crippen molar-refractivity contribution < 1.29 is 9.59 Å². The number of rotatable bonds is 3. The molecule has 0 saturated heterocycles. The van der Waals surface area contributed by atoms with Crippen molar-refractivity contribution in [1.82, 2.24) is 10.3 Å². The normalized spacial score (nSPS) is 16.6. The van der Waals surface area contributed by atoms with Gasteiger partial charge in [0.1, 0.15) is 11.4 Å². The molecule has 0 aliphatic heterocycles. The minimum atomic E-state index is -0.838. The molecule has 0 bridgehead atoms. The maximum absolute atomic E-state index is 12.8. The van der Waals surface area contributed by atoms with E-state index < -0.39 is 5.54 Å². The highest BCUT2D eigenvalue weighted by molar-refractivity contribution is 6.31. The first kappa shape index (κ1) is 16.7. The summed E-state index contributed by atoms with van der Waals surface area (Å²) in [7, 11) is 0. The molecule has 1 aromatic carbocycles. The van der Waals surface area contributed by atoms with Crippen molar-refractivity contribution in [1.29, 1.82) is 0 Å². The highest BCUT2D eigenvalue weighted by Gasteiger charge is 2.40. The van der Waals surface area contributed by atoms with Gasteiger partial charge in [0.25, 0.3) is 5.91 Å². The van der Waals surface area contributed by atoms with Crippen molar-refractivity contribution in [2.45, 2.75) is 44.6 Å². The first-order valence-electron chi connectivity index (χ1n) is 8.15. The molecule has 0 atom stereocenters. The number of fused-ring (bicyclic) bond motifs is 1. The van der Waals surface area contributed by atoms with Gasteiger partial charge in [0, 0.05) is 17.3 Å². The average Bonchev–Trinajstić information content (AvgIpc) is 2.54. The maximum atomic E-state index is 12.8. The van der Waals surface area contributed by atoms with Crippen molar-refractivity contribution in [3.63, 3.8) is 0 Å². The van der Waals surface area contributed by atoms with E-state index >= 15 is 0 Å². The van der Waals surface area contributed by atoms with E-state index in [1.807, 2.05) is 12.1 Å². The van der Waals surface area contributed by atoms with Crippen LogP contribution in [0.1, 0.15) is 39.0 Å². The predicted octanol–water partition coefficient (Wildman–Crippen LogP) is 3.67. The summed E-state index contributed by atoms with van der Waals surface area (Å²) in [4.78, 5) is 28.9. The van der Waals surface area contributed by atoms with Gasteiger partial charge in [-0.25, -0.2) is 4.98 Å². The van der Waals surface area contributed by atoms with Gasteiger partial charge in [-0.05, 0) is 37.1 Å². The molecule has 0 unspecified atom stereocenters. The quantitative estimate of drug-likeness (QED) is 0.891. The van der Waals surface area contributed by atoms with Crippen LogP contribution in [0.2, 0.25) is 5.02 Å². The van der Waals surface area contributed by atoms with Gasteiger partial charge in [0.05, 0.1) is 5.52 Å². The molecule has 126 valence electrons. The molecule has 0 spiro atoms. The Morgan fingerprint density at radius 2 is 1.83 bits per heavy atom. The minimum Gasteiger partial charge on any atom is -0.342 e. The number of amides is 2. The van der Waals surface area contributed by atoms with E-state index in [9.17, 15) is 9.59 Å². The van der Waals surface area contributed by atoms with Crippen molar-refractivity contribution >= 4 is 40.1 Å². The number of nitrogens with zero attached hydrogens (tertiary/aromatic N) is 1. The molecule has 2 amide bonds. The molecular weight excluding hydrogens is 326 g/mol. The van der Waals surface area contributed by atoms with Crippen LogP contribution in [0.5, 0.6) is 0 Å². The zero-order valence-electron chi connectivity index (χ0n) is 13.6. The van der Waals surface area contributed by atoms with Gasteiger partial charge in [-0.2, -0.15) is 0 Å². The summed E-state index contributed by atoms with van der Waals surface area (Å²) < 4.78 is 0. The van der Waals surface area contributed by atoms with Crippen LogP contribution in [0.15, 0.2) is 30.3 Å². The second-order valence-corrected chi connectivity index (χ2v) is 6.75. The molecule has 1 aromatic heterocycles. The van der Waals surface area contributed by atoms with Crippen LogP contribution in [0.3, 0.4) is 0 Å². The number of hydrogen-bond acceptors (Lipinski definition) is 3. The van der Waals surface area contributed by atoms with Crippen LogP contribution < -0.4 is 10.6 Å². The van der Waals surface area contributed by atoms with Gasteiger partial charge >= 0.3 is 0 Å². The number of pyridine rings is 1. The van der Waals surface area contributed by atoms with Crippen molar-refractivity contribution in [2.75, 3.05) is 5.32 Å². The van der Waals surface area contributed by atoms with E-state index in [4.69, 9.17) is 11.6 Å². The largest absolute Gasteiger partial charge is 0.342 e. The van der Waals surface area contributed by atoms with Crippen LogP contribution in [0, 0.1) is 0 Å². The Bertz CT molecular complexity index is 785. The summed E-state index contributed by atoms with van der Waals surface area (Å²) in [6.07, 6.45) is 4.24. The monoisotopic (exact) mass is 345 g/mol. The summed E-state index contributed by atoms with van der Waals surface area (Å²) in [5.74, 6) is 0.0710. The number of aromatic nitrogens is 1. The van der Waals surface area contributed by atoms with Crippen molar-refractivity contribution in [2.24, 2.45) is 0 Å². The summed E-state index contributed by atoms with van der Waals surface area (Å²) in [5, 5.41) is 7.27. The van der Waals surface area contributed by atoms with Gasteiger partial charge in [-0.1, -0.05) is 36.9 Å². The summed E-state index contributed by atoms with van der Waals surface area (Å²) in [6.45, 7) is 1.44. The SMILES string of the molecule is CC(=O)NC1(C(=O)Nc2ccc3ccc(Cl)cc3n2)CCCCC1. The minimum absolute atomic E-state index is 0.190. The molecule has 1 saturated carbocycles. The number of benzene rings is 1. The van der Waals surface area contributed by atoms with Crippen LogP contribution in [0.25, 0.3) is 10.9 Å². The molecule has 1 heterocycles. The fraction of sp³-hybridized carbons (Fsp3) is 0.389. The Balaban J connectivity index is 1.85. The Labute approximate surface area is 145 Å². The molecule has 6 heteroatoms. The lowest BCUT2D eigenvalue weighted by molar-refractivity contribution is -0.130. The molecule has 2 aromatic rings. The summed E-state index contributed by atoms with van der Waals surface area (Å²) in [5.41, 5.74) is -0.118. The molecule has 1 aliphatic carbocycles. The summed E-state index contributed by atoms with van der Waals surface area (Å²) in [6, 6.07) is 9.10. The lowest BCUT2D eigenvalue weighted by Crippen LogP contribution is -2.57. The van der Waals surface area contributed by atoms with E-state index in [1.54, 1.807) is 18.2 Å². The van der Waals surface area contributed by atoms with Crippen LogP contribution in [-0.2, 0) is 9.59 Å². The van der Waals surface area contributed by atoms with Crippen molar-refractivity contribution in [3.05, 3.63) is 35.4 Å². The molecule has 1 aliphatic rings. The summed E-state index contributed by atoms with van der Waals surface area (Å²) >= 11 is 6.00. The number of carbonyl (C=O) groups excluding carboxylic acids is 2. The molecule has 3 rings (SSSR count). The standard InChI is InChI=1S/C18H20ClN3O2/c1-12(23)22-18(9-3-2-4-10-18)17(24)21-16-8-6-13-5-7-14(19)11-15(13)20-16/h5-8,11H,2-4,9-10H2,1H3,(H,22,23)(H,20,21,24). The van der Waals surface area contributed by atoms with E-state index in [-0.39, 0.29) is 11.8 Å². The first-order valence-corrected chi connectivity index (χ1v) is 8.53. The third-order valence-electron chi connectivity index (χ3n) is 4.45. The highest BCUT2D eigenvalue weighted by Crippen LogP contribution is 2.30. The molecule has 0 radical (unpaired) electrons. The lowest BCUT2D eigenvalue weighted by atomic mass is 9.80. The Morgan fingerprint density at radius 3 is 2.54 bits per heavy atom.